The first-order chi connectivity index (χ1) is 8.51. The summed E-state index contributed by atoms with van der Waals surface area (Å²) in [5, 5.41) is 8.71. The van der Waals surface area contributed by atoms with Crippen LogP contribution in [0.15, 0.2) is 0 Å². The minimum atomic E-state index is -3.04. The lowest BCUT2D eigenvalue weighted by Crippen LogP contribution is -2.53. The van der Waals surface area contributed by atoms with Crippen LogP contribution in [-0.2, 0) is 14.6 Å². The van der Waals surface area contributed by atoms with E-state index in [1.165, 1.54) is 6.26 Å². The normalized spacial score (nSPS) is 25.5. The Bertz CT molecular complexity index is 424. The van der Waals surface area contributed by atoms with Crippen molar-refractivity contribution in [2.24, 2.45) is 0 Å². The van der Waals surface area contributed by atoms with Crippen molar-refractivity contribution >= 4 is 15.8 Å². The number of hydrogen-bond donors (Lipinski definition) is 1. The van der Waals surface area contributed by atoms with Gasteiger partial charge in [0.1, 0.15) is 9.84 Å². The Hall–Kier alpha value is -0.620. The number of carboxylic acid groups (broad SMARTS) is 1. The Morgan fingerprint density at radius 3 is 2.32 bits per heavy atom. The molecule has 0 aliphatic heterocycles. The molecule has 1 aliphatic rings. The minimum Gasteiger partial charge on any atom is -0.480 e. The van der Waals surface area contributed by atoms with Crippen molar-refractivity contribution in [1.82, 2.24) is 4.90 Å². The maximum absolute atomic E-state index is 11.7. The van der Waals surface area contributed by atoms with Crippen LogP contribution in [0.2, 0.25) is 0 Å². The Labute approximate surface area is 115 Å². The minimum absolute atomic E-state index is 0.0320. The van der Waals surface area contributed by atoms with Crippen LogP contribution in [0.5, 0.6) is 0 Å². The third-order valence-electron chi connectivity index (χ3n) is 3.81. The van der Waals surface area contributed by atoms with Crippen molar-refractivity contribution in [3.05, 3.63) is 0 Å². The van der Waals surface area contributed by atoms with E-state index in [-0.39, 0.29) is 23.4 Å². The molecule has 6 heteroatoms. The molecule has 0 aromatic carbocycles. The summed E-state index contributed by atoms with van der Waals surface area (Å²) in [6, 6.07) is 0.0320. The number of rotatable bonds is 4. The molecule has 0 radical (unpaired) electrons. The van der Waals surface area contributed by atoms with Gasteiger partial charge in [-0.25, -0.2) is 8.42 Å². The van der Waals surface area contributed by atoms with E-state index in [0.29, 0.717) is 12.8 Å². The molecule has 0 bridgehead atoms. The molecule has 1 N–H and O–H groups in total. The van der Waals surface area contributed by atoms with Crippen LogP contribution in [0.1, 0.15) is 46.5 Å². The van der Waals surface area contributed by atoms with Crippen LogP contribution in [0, 0.1) is 0 Å². The fourth-order valence-electron chi connectivity index (χ4n) is 2.85. The average Bonchev–Trinajstić information content (AvgIpc) is 2.23. The summed E-state index contributed by atoms with van der Waals surface area (Å²) in [6.45, 7) is 5.88. The summed E-state index contributed by atoms with van der Waals surface area (Å²) in [7, 11) is -3.04. The van der Waals surface area contributed by atoms with Gasteiger partial charge in [0.2, 0.25) is 0 Å². The monoisotopic (exact) mass is 291 g/mol. The van der Waals surface area contributed by atoms with Crippen molar-refractivity contribution < 1.29 is 18.3 Å². The molecule has 0 amide bonds. The molecule has 2 atom stereocenters. The van der Waals surface area contributed by atoms with E-state index in [1.54, 1.807) is 0 Å². The first kappa shape index (κ1) is 16.4. The molecule has 1 fully saturated rings. The number of sulfone groups is 1. The third-order valence-corrected chi connectivity index (χ3v) is 5.45. The van der Waals surface area contributed by atoms with Crippen molar-refractivity contribution in [2.45, 2.75) is 63.3 Å². The molecule has 19 heavy (non-hydrogen) atoms. The summed E-state index contributed by atoms with van der Waals surface area (Å²) in [5.74, 6) is -0.864. The summed E-state index contributed by atoms with van der Waals surface area (Å²) in [4.78, 5) is 12.9. The highest BCUT2D eigenvalue weighted by atomic mass is 32.2. The molecule has 0 aromatic rings. The van der Waals surface area contributed by atoms with Gasteiger partial charge in [0.05, 0.1) is 11.8 Å². The smallest absolute Gasteiger partial charge is 0.317 e. The maximum Gasteiger partial charge on any atom is 0.317 e. The fourth-order valence-corrected chi connectivity index (χ4v) is 4.02. The van der Waals surface area contributed by atoms with E-state index in [4.69, 9.17) is 5.11 Å². The van der Waals surface area contributed by atoms with E-state index in [2.05, 4.69) is 0 Å². The Morgan fingerprint density at radius 1 is 1.32 bits per heavy atom. The molecule has 0 spiro atoms. The van der Waals surface area contributed by atoms with E-state index >= 15 is 0 Å². The molecular formula is C13H25NO4S. The maximum atomic E-state index is 11.7. The Kier molecular flexibility index (Phi) is 5.01. The second kappa shape index (κ2) is 5.79. The van der Waals surface area contributed by atoms with Gasteiger partial charge in [-0.05, 0) is 40.0 Å². The zero-order chi connectivity index (χ0) is 14.8. The van der Waals surface area contributed by atoms with Crippen LogP contribution in [0.4, 0.5) is 0 Å². The van der Waals surface area contributed by atoms with Gasteiger partial charge in [-0.3, -0.25) is 9.69 Å². The van der Waals surface area contributed by atoms with Gasteiger partial charge in [0.15, 0.2) is 0 Å². The standard InChI is InChI=1S/C13H25NO4S/c1-13(2,3)14(9-12(15)16)10-6-5-7-11(8-10)19(4,17)18/h10-11H,5-9H2,1-4H3,(H,15,16). The zero-order valence-electron chi connectivity index (χ0n) is 12.2. The van der Waals surface area contributed by atoms with Gasteiger partial charge in [-0.2, -0.15) is 0 Å². The molecule has 0 aromatic heterocycles. The molecule has 1 aliphatic carbocycles. The quantitative estimate of drug-likeness (QED) is 0.850. The molecule has 0 saturated heterocycles. The van der Waals surface area contributed by atoms with E-state index < -0.39 is 15.8 Å². The van der Waals surface area contributed by atoms with Crippen molar-refractivity contribution in [3.63, 3.8) is 0 Å². The van der Waals surface area contributed by atoms with Crippen molar-refractivity contribution in [1.29, 1.82) is 0 Å². The highest BCUT2D eigenvalue weighted by Gasteiger charge is 2.36. The summed E-state index contributed by atoms with van der Waals surface area (Å²) < 4.78 is 23.4. The van der Waals surface area contributed by atoms with E-state index in [1.807, 2.05) is 25.7 Å². The van der Waals surface area contributed by atoms with E-state index in [9.17, 15) is 13.2 Å². The highest BCUT2D eigenvalue weighted by Crippen LogP contribution is 2.31. The molecule has 112 valence electrons. The van der Waals surface area contributed by atoms with Gasteiger partial charge in [0, 0.05) is 17.8 Å². The van der Waals surface area contributed by atoms with Gasteiger partial charge in [-0.1, -0.05) is 6.42 Å². The van der Waals surface area contributed by atoms with Gasteiger partial charge >= 0.3 is 5.97 Å². The number of carboxylic acids is 1. The molecule has 1 rings (SSSR count). The number of hydrogen-bond acceptors (Lipinski definition) is 4. The second-order valence-corrected chi connectivity index (χ2v) is 8.79. The SMILES string of the molecule is CC(C)(C)N(CC(=O)O)C1CCCC(S(C)(=O)=O)C1. The Balaban J connectivity index is 2.88. The number of aliphatic carboxylic acids is 1. The number of carbonyl (C=O) groups is 1. The molecule has 0 heterocycles. The lowest BCUT2D eigenvalue weighted by molar-refractivity contribution is -0.141. The lowest BCUT2D eigenvalue weighted by atomic mass is 9.90. The van der Waals surface area contributed by atoms with Crippen LogP contribution < -0.4 is 0 Å². The predicted molar refractivity (Wildman–Crippen MR) is 75.0 cm³/mol. The first-order valence-electron chi connectivity index (χ1n) is 6.69. The Morgan fingerprint density at radius 2 is 1.89 bits per heavy atom. The molecule has 5 nitrogen and oxygen atoms in total. The van der Waals surface area contributed by atoms with Crippen LogP contribution >= 0.6 is 0 Å². The van der Waals surface area contributed by atoms with Crippen LogP contribution in [0.25, 0.3) is 0 Å². The predicted octanol–water partition coefficient (Wildman–Crippen LogP) is 1.53. The van der Waals surface area contributed by atoms with Crippen molar-refractivity contribution in [3.8, 4) is 0 Å². The third kappa shape index (κ3) is 4.76. The lowest BCUT2D eigenvalue weighted by Gasteiger charge is -2.43. The first-order valence-corrected chi connectivity index (χ1v) is 8.64. The summed E-state index contributed by atoms with van der Waals surface area (Å²) in [5.41, 5.74) is -0.275. The molecule has 2 unspecified atom stereocenters. The second-order valence-electron chi connectivity index (χ2n) is 6.46. The van der Waals surface area contributed by atoms with Crippen molar-refractivity contribution in [2.75, 3.05) is 12.8 Å². The van der Waals surface area contributed by atoms with Gasteiger partial charge < -0.3 is 5.11 Å². The summed E-state index contributed by atoms with van der Waals surface area (Å²) in [6.07, 6.45) is 4.23. The van der Waals surface area contributed by atoms with Crippen LogP contribution in [0.3, 0.4) is 0 Å². The molecule has 1 saturated carbocycles. The zero-order valence-corrected chi connectivity index (χ0v) is 13.0. The largest absolute Gasteiger partial charge is 0.480 e. The topological polar surface area (TPSA) is 74.7 Å². The van der Waals surface area contributed by atoms with Crippen LogP contribution in [-0.4, -0.2) is 54.0 Å². The highest BCUT2D eigenvalue weighted by molar-refractivity contribution is 7.91. The summed E-state index contributed by atoms with van der Waals surface area (Å²) >= 11 is 0. The van der Waals surface area contributed by atoms with Gasteiger partial charge in [0.25, 0.3) is 0 Å². The number of nitrogens with zero attached hydrogens (tertiary/aromatic N) is 1. The average molecular weight is 291 g/mol. The van der Waals surface area contributed by atoms with Gasteiger partial charge in [-0.15, -0.1) is 0 Å². The fraction of sp³-hybridized carbons (Fsp3) is 0.923. The van der Waals surface area contributed by atoms with E-state index in [0.717, 1.165) is 12.8 Å². The molecular weight excluding hydrogens is 266 g/mol.